The number of hydrogen-bond acceptors (Lipinski definition) is 6. The third-order valence-electron chi connectivity index (χ3n) is 2.19. The molecule has 0 fully saturated rings. The lowest BCUT2D eigenvalue weighted by atomic mass is 10.1. The highest BCUT2D eigenvalue weighted by Crippen LogP contribution is 2.31. The minimum absolute atomic E-state index is 0.0391. The van der Waals surface area contributed by atoms with Gasteiger partial charge in [-0.25, -0.2) is 4.79 Å². The molecule has 0 aliphatic carbocycles. The number of methoxy groups -OCH3 is 1. The van der Waals surface area contributed by atoms with Gasteiger partial charge in [-0.3, -0.25) is 25.5 Å². The molecule has 1 aromatic rings. The van der Waals surface area contributed by atoms with E-state index in [0.29, 0.717) is 0 Å². The lowest BCUT2D eigenvalue weighted by Gasteiger charge is -2.07. The Hall–Kier alpha value is -2.71. The maximum atomic E-state index is 11.0. The number of carbonyl (C=O) groups is 1. The maximum absolute atomic E-state index is 11.0. The minimum Gasteiger partial charge on any atom is -0.453 e. The molecule has 1 amide bonds. The smallest absolute Gasteiger partial charge is 0.411 e. The second-order valence-corrected chi connectivity index (χ2v) is 3.27. The van der Waals surface area contributed by atoms with Crippen molar-refractivity contribution in [3.8, 4) is 0 Å². The van der Waals surface area contributed by atoms with Gasteiger partial charge in [0.2, 0.25) is 0 Å². The average molecular weight is 255 g/mol. The number of amides is 1. The summed E-state index contributed by atoms with van der Waals surface area (Å²) >= 11 is 0. The Morgan fingerprint density at radius 1 is 1.28 bits per heavy atom. The van der Waals surface area contributed by atoms with Crippen LogP contribution in [0.25, 0.3) is 0 Å². The number of nitrogens with one attached hydrogen (secondary N) is 1. The fourth-order valence-corrected chi connectivity index (χ4v) is 1.27. The Bertz CT molecular complexity index is 527. The van der Waals surface area contributed by atoms with Crippen LogP contribution in [0.2, 0.25) is 0 Å². The molecular weight excluding hydrogens is 246 g/mol. The maximum Gasteiger partial charge on any atom is 0.411 e. The number of carbonyl (C=O) groups excluding carboxylic acids is 1. The molecule has 0 radical (unpaired) electrons. The molecule has 0 saturated carbocycles. The molecule has 9 heteroatoms. The van der Waals surface area contributed by atoms with Crippen molar-refractivity contribution in [3.63, 3.8) is 0 Å². The average Bonchev–Trinajstić information content (AvgIpc) is 2.30. The Kier molecular flexibility index (Phi) is 3.77. The van der Waals surface area contributed by atoms with E-state index < -0.39 is 27.3 Å². The van der Waals surface area contributed by atoms with Gasteiger partial charge in [0, 0.05) is 6.07 Å². The minimum atomic E-state index is -0.868. The van der Waals surface area contributed by atoms with E-state index >= 15 is 0 Å². The van der Waals surface area contributed by atoms with Crippen molar-refractivity contribution in [2.24, 2.45) is 0 Å². The molecule has 0 spiro atoms. The number of hydrogen-bond donors (Lipinski definition) is 1. The van der Waals surface area contributed by atoms with Crippen molar-refractivity contribution >= 4 is 23.2 Å². The summed E-state index contributed by atoms with van der Waals surface area (Å²) in [7, 11) is 1.11. The number of nitro benzene ring substituents is 2. The largest absolute Gasteiger partial charge is 0.453 e. The van der Waals surface area contributed by atoms with Gasteiger partial charge in [-0.1, -0.05) is 0 Å². The number of benzene rings is 1. The van der Waals surface area contributed by atoms with Crippen molar-refractivity contribution in [1.29, 1.82) is 0 Å². The second-order valence-electron chi connectivity index (χ2n) is 3.27. The molecule has 1 N–H and O–H groups in total. The Morgan fingerprint density at radius 2 is 1.89 bits per heavy atom. The normalized spacial score (nSPS) is 9.67. The molecule has 9 nitrogen and oxygen atoms in total. The molecule has 96 valence electrons. The van der Waals surface area contributed by atoms with Crippen LogP contribution in [-0.4, -0.2) is 23.0 Å². The van der Waals surface area contributed by atoms with Gasteiger partial charge in [0.15, 0.2) is 0 Å². The van der Waals surface area contributed by atoms with Crippen LogP contribution in [0, 0.1) is 27.2 Å². The number of non-ortho nitro benzene ring substituents is 1. The first-order chi connectivity index (χ1) is 8.36. The summed E-state index contributed by atoms with van der Waals surface area (Å²) in [5, 5.41) is 23.6. The summed E-state index contributed by atoms with van der Waals surface area (Å²) in [5.74, 6) is 0. The van der Waals surface area contributed by atoms with Gasteiger partial charge in [-0.05, 0) is 6.92 Å². The molecule has 0 heterocycles. The van der Waals surface area contributed by atoms with Gasteiger partial charge in [0.05, 0.1) is 34.3 Å². The summed E-state index contributed by atoms with van der Waals surface area (Å²) < 4.78 is 4.32. The summed E-state index contributed by atoms with van der Waals surface area (Å²) in [4.78, 5) is 30.9. The zero-order valence-corrected chi connectivity index (χ0v) is 9.50. The Labute approximate surface area is 101 Å². The zero-order valence-electron chi connectivity index (χ0n) is 9.50. The van der Waals surface area contributed by atoms with E-state index in [-0.39, 0.29) is 11.3 Å². The molecule has 18 heavy (non-hydrogen) atoms. The lowest BCUT2D eigenvalue weighted by molar-refractivity contribution is -0.394. The highest BCUT2D eigenvalue weighted by Gasteiger charge is 2.22. The van der Waals surface area contributed by atoms with Crippen LogP contribution >= 0.6 is 0 Å². The molecule has 0 atom stereocenters. The van der Waals surface area contributed by atoms with Gasteiger partial charge in [-0.2, -0.15) is 0 Å². The number of anilines is 1. The molecule has 1 aromatic carbocycles. The van der Waals surface area contributed by atoms with Gasteiger partial charge >= 0.3 is 6.09 Å². The van der Waals surface area contributed by atoms with Crippen molar-refractivity contribution in [3.05, 3.63) is 37.9 Å². The first-order valence-corrected chi connectivity index (χ1v) is 4.65. The number of nitrogens with zero attached hydrogens (tertiary/aromatic N) is 2. The van der Waals surface area contributed by atoms with Gasteiger partial charge in [0.25, 0.3) is 11.4 Å². The van der Waals surface area contributed by atoms with E-state index in [4.69, 9.17) is 0 Å². The van der Waals surface area contributed by atoms with E-state index in [9.17, 15) is 25.0 Å². The summed E-state index contributed by atoms with van der Waals surface area (Å²) in [5.41, 5.74) is -0.868. The fraction of sp³-hybridized carbons (Fsp3) is 0.222. The van der Waals surface area contributed by atoms with E-state index in [0.717, 1.165) is 19.2 Å². The van der Waals surface area contributed by atoms with Crippen LogP contribution in [0.15, 0.2) is 12.1 Å². The van der Waals surface area contributed by atoms with Crippen molar-refractivity contribution < 1.29 is 19.4 Å². The molecule has 1 rings (SSSR count). The van der Waals surface area contributed by atoms with Gasteiger partial charge in [-0.15, -0.1) is 0 Å². The first kappa shape index (κ1) is 13.4. The quantitative estimate of drug-likeness (QED) is 0.650. The predicted molar refractivity (Wildman–Crippen MR) is 60.5 cm³/mol. The third-order valence-corrected chi connectivity index (χ3v) is 2.19. The van der Waals surface area contributed by atoms with Gasteiger partial charge in [0.1, 0.15) is 0 Å². The van der Waals surface area contributed by atoms with Crippen LogP contribution < -0.4 is 5.32 Å². The second kappa shape index (κ2) is 5.08. The standard InChI is InChI=1S/C9H9N3O6/c1-5-7(10-9(13)18-2)3-6(11(14)15)4-8(5)12(16)17/h3-4H,1-2H3,(H,10,13). The summed E-state index contributed by atoms with van der Waals surface area (Å²) in [6.07, 6.45) is -0.868. The predicted octanol–water partition coefficient (Wildman–Crippen LogP) is 1.99. The highest BCUT2D eigenvalue weighted by atomic mass is 16.6. The lowest BCUT2D eigenvalue weighted by Crippen LogP contribution is -2.12. The molecular formula is C9H9N3O6. The van der Waals surface area contributed by atoms with E-state index in [2.05, 4.69) is 10.1 Å². The third kappa shape index (κ3) is 2.70. The fourth-order valence-electron chi connectivity index (χ4n) is 1.27. The summed E-state index contributed by atoms with van der Waals surface area (Å²) in [6, 6.07) is 1.86. The highest BCUT2D eigenvalue weighted by molar-refractivity contribution is 5.87. The SMILES string of the molecule is COC(=O)Nc1cc([N+](=O)[O-])cc([N+](=O)[O-])c1C. The van der Waals surface area contributed by atoms with E-state index in [1.54, 1.807) is 0 Å². The van der Waals surface area contributed by atoms with Crippen LogP contribution in [0.1, 0.15) is 5.56 Å². The molecule has 0 aliphatic rings. The van der Waals surface area contributed by atoms with Crippen LogP contribution in [0.4, 0.5) is 21.9 Å². The van der Waals surface area contributed by atoms with Gasteiger partial charge < -0.3 is 4.74 Å². The Balaban J connectivity index is 3.35. The molecule has 0 aliphatic heterocycles. The number of nitro groups is 2. The van der Waals surface area contributed by atoms with E-state index in [1.165, 1.54) is 6.92 Å². The number of rotatable bonds is 3. The zero-order chi connectivity index (χ0) is 13.9. The monoisotopic (exact) mass is 255 g/mol. The van der Waals surface area contributed by atoms with E-state index in [1.807, 2.05) is 0 Å². The van der Waals surface area contributed by atoms with Crippen molar-refractivity contribution in [2.75, 3.05) is 12.4 Å². The molecule has 0 bridgehead atoms. The molecule has 0 unspecified atom stereocenters. The molecule has 0 saturated heterocycles. The van der Waals surface area contributed by atoms with Crippen LogP contribution in [-0.2, 0) is 4.74 Å². The van der Waals surface area contributed by atoms with Crippen molar-refractivity contribution in [1.82, 2.24) is 0 Å². The van der Waals surface area contributed by atoms with Crippen LogP contribution in [0.5, 0.6) is 0 Å². The first-order valence-electron chi connectivity index (χ1n) is 4.65. The number of ether oxygens (including phenoxy) is 1. The topological polar surface area (TPSA) is 125 Å². The van der Waals surface area contributed by atoms with Crippen LogP contribution in [0.3, 0.4) is 0 Å². The van der Waals surface area contributed by atoms with Crippen molar-refractivity contribution in [2.45, 2.75) is 6.92 Å². The summed E-state index contributed by atoms with van der Waals surface area (Å²) in [6.45, 7) is 1.37. The molecule has 0 aromatic heterocycles. The Morgan fingerprint density at radius 3 is 2.33 bits per heavy atom.